The molecular formula is C44H54Cl6N10O4Zn. The number of rotatable bonds is 14. The fourth-order valence-electron chi connectivity index (χ4n) is 7.02. The molecule has 0 atom stereocenters. The summed E-state index contributed by atoms with van der Waals surface area (Å²) in [6, 6.07) is 19.5. The Bertz CT molecular complexity index is 2500. The molecule has 6 aromatic rings. The molecule has 348 valence electrons. The van der Waals surface area contributed by atoms with Crippen molar-refractivity contribution in [3.8, 4) is 0 Å². The number of carbonyl (C=O) groups is 2. The molecule has 6 rings (SSSR count). The van der Waals surface area contributed by atoms with Crippen molar-refractivity contribution in [1.29, 1.82) is 0 Å². The number of benzene rings is 4. The molecule has 65 heavy (non-hydrogen) atoms. The van der Waals surface area contributed by atoms with Crippen LogP contribution in [0.3, 0.4) is 0 Å². The minimum absolute atomic E-state index is 0.211. The molecule has 0 amide bonds. The Hall–Kier alpha value is -4.08. The van der Waals surface area contributed by atoms with Gasteiger partial charge in [0.1, 0.15) is 11.4 Å². The fourth-order valence-corrected chi connectivity index (χ4v) is 7.44. The van der Waals surface area contributed by atoms with Crippen molar-refractivity contribution in [2.24, 2.45) is 48.6 Å². The van der Waals surface area contributed by atoms with Gasteiger partial charge in [0.25, 0.3) is 0 Å². The van der Waals surface area contributed by atoms with Crippen molar-refractivity contribution in [1.82, 2.24) is 9.13 Å². The van der Waals surface area contributed by atoms with Crippen LogP contribution in [0.25, 0.3) is 22.1 Å². The van der Waals surface area contributed by atoms with Crippen molar-refractivity contribution < 1.29 is 39.0 Å². The zero-order valence-corrected chi connectivity index (χ0v) is 45.8. The summed E-state index contributed by atoms with van der Waals surface area (Å²) in [5, 5.41) is 19.2. The molecular weight excluding hydrogens is 1010 g/mol. The predicted molar refractivity (Wildman–Crippen MR) is 261 cm³/mol. The van der Waals surface area contributed by atoms with E-state index in [-0.39, 0.29) is 11.9 Å². The SMILES string of the molecule is CCN(CCC(=O)OC)c1ccc(N=Nc2cc(Cl)cc3c2[n+](C)cn3C)c(C)c1.CCN(CCC(=O)OC)c1ccc(N=Nc2cc(Cl)cc3c2[n+](C)cn3C)c(C)c1.[Cl][Zn-2]([Cl])([Cl])[Cl]. The second-order valence-corrected chi connectivity index (χ2v) is 43.6. The molecule has 0 saturated heterocycles. The number of halogens is 6. The van der Waals surface area contributed by atoms with E-state index in [2.05, 4.69) is 56.2 Å². The molecule has 0 fully saturated rings. The Morgan fingerprint density at radius 3 is 1.26 bits per heavy atom. The number of nitrogens with zero attached hydrogens (tertiary/aromatic N) is 10. The Kier molecular flexibility index (Phi) is 20.3. The number of azo groups is 2. The molecule has 2 aromatic heterocycles. The molecule has 21 heteroatoms. The molecule has 0 aliphatic rings. The molecule has 0 bridgehead atoms. The molecule has 0 unspecified atom stereocenters. The number of ether oxygens (including phenoxy) is 2. The summed E-state index contributed by atoms with van der Waals surface area (Å²) in [6.45, 7) is 10.9. The predicted octanol–water partition coefficient (Wildman–Crippen LogP) is 12.3. The van der Waals surface area contributed by atoms with E-state index in [1.54, 1.807) is 0 Å². The number of hydrogen-bond donors (Lipinski definition) is 0. The van der Waals surface area contributed by atoms with Gasteiger partial charge < -0.3 is 19.3 Å². The average Bonchev–Trinajstić information content (AvgIpc) is 3.70. The monoisotopic (exact) mass is 1060 g/mol. The van der Waals surface area contributed by atoms with Crippen molar-refractivity contribution in [2.45, 2.75) is 40.5 Å². The number of imidazole rings is 2. The van der Waals surface area contributed by atoms with E-state index in [0.29, 0.717) is 36.0 Å². The van der Waals surface area contributed by atoms with Gasteiger partial charge in [0, 0.05) is 59.7 Å². The topological polar surface area (TPSA) is 126 Å². The Morgan fingerprint density at radius 2 is 0.954 bits per heavy atom. The van der Waals surface area contributed by atoms with Gasteiger partial charge in [-0.15, -0.1) is 10.2 Å². The number of esters is 2. The minimum atomic E-state index is -3.36. The van der Waals surface area contributed by atoms with Crippen LogP contribution in [0.5, 0.6) is 0 Å². The van der Waals surface area contributed by atoms with Crippen LogP contribution in [0.2, 0.25) is 10.0 Å². The second kappa shape index (κ2) is 24.6. The van der Waals surface area contributed by atoms with Gasteiger partial charge in [0.15, 0.2) is 11.0 Å². The fraction of sp³-hybridized carbons (Fsp3) is 0.364. The van der Waals surface area contributed by atoms with E-state index in [0.717, 1.165) is 80.4 Å². The summed E-state index contributed by atoms with van der Waals surface area (Å²) in [7, 11) is 27.5. The first kappa shape index (κ1) is 53.5. The molecule has 0 aliphatic heterocycles. The Labute approximate surface area is 409 Å². The molecule has 14 nitrogen and oxygen atoms in total. The molecule has 0 spiro atoms. The summed E-state index contributed by atoms with van der Waals surface area (Å²) >= 11 is 12.6. The van der Waals surface area contributed by atoms with Crippen LogP contribution in [-0.2, 0) is 58.1 Å². The molecule has 0 radical (unpaired) electrons. The molecule has 4 aromatic carbocycles. The third kappa shape index (κ3) is 15.5. The van der Waals surface area contributed by atoms with Gasteiger partial charge >= 0.3 is 61.5 Å². The second-order valence-electron chi connectivity index (χ2n) is 15.0. The maximum atomic E-state index is 11.5. The third-order valence-electron chi connectivity index (χ3n) is 10.2. The molecule has 2 heterocycles. The maximum absolute atomic E-state index is 11.5. The zero-order chi connectivity index (χ0) is 48.2. The Balaban J connectivity index is 0.000000258. The standard InChI is InChI=1S/2C22H27ClN5O2.4ClH.Zn/c2*1-6-28(10-9-21(29)30-5)17-7-8-18(15(2)11-17)24-25-19-12-16(23)13-20-22(19)27(4)14-26(20)3;;;;;/h2*7-8,11-14H,6,9-10H2,1-5H3;4*1H;/q2*+1;;;;;+2/p-4. The van der Waals surface area contributed by atoms with Crippen LogP contribution in [0.1, 0.15) is 37.8 Å². The molecule has 0 aliphatic carbocycles. The number of aromatic nitrogens is 4. The average molecular weight is 1070 g/mol. The van der Waals surface area contributed by atoms with E-state index in [9.17, 15) is 9.59 Å². The summed E-state index contributed by atoms with van der Waals surface area (Å²) < 4.78 is 17.5. The van der Waals surface area contributed by atoms with Crippen LogP contribution < -0.4 is 18.9 Å². The van der Waals surface area contributed by atoms with E-state index in [1.807, 2.05) is 121 Å². The number of methoxy groups -OCH3 is 2. The van der Waals surface area contributed by atoms with Crippen LogP contribution in [0.15, 0.2) is 93.8 Å². The van der Waals surface area contributed by atoms with Gasteiger partial charge in [-0.1, -0.05) is 23.2 Å². The number of anilines is 2. The summed E-state index contributed by atoms with van der Waals surface area (Å²) in [4.78, 5) is 27.2. The summed E-state index contributed by atoms with van der Waals surface area (Å²) in [6.07, 6.45) is 4.66. The number of carbonyl (C=O) groups excluding carboxylic acids is 2. The van der Waals surface area contributed by atoms with Crippen molar-refractivity contribution in [3.63, 3.8) is 0 Å². The Morgan fingerprint density at radius 1 is 0.615 bits per heavy atom. The normalized spacial score (nSPS) is 11.4. The van der Waals surface area contributed by atoms with Gasteiger partial charge in [-0.05, 0) is 87.4 Å². The van der Waals surface area contributed by atoms with E-state index >= 15 is 0 Å². The van der Waals surface area contributed by atoms with E-state index in [4.69, 9.17) is 71.4 Å². The first-order chi connectivity index (χ1) is 30.7. The van der Waals surface area contributed by atoms with Gasteiger partial charge in [-0.25, -0.2) is 18.3 Å². The van der Waals surface area contributed by atoms with Crippen molar-refractivity contribution in [3.05, 3.63) is 94.5 Å². The first-order valence-electron chi connectivity index (χ1n) is 20.7. The third-order valence-corrected chi connectivity index (χ3v) is 10.7. The van der Waals surface area contributed by atoms with Crippen LogP contribution in [-0.4, -0.2) is 61.5 Å². The summed E-state index contributed by atoms with van der Waals surface area (Å²) in [5.41, 5.74) is 11.0. The quantitative estimate of drug-likeness (QED) is 0.0463. The van der Waals surface area contributed by atoms with Crippen molar-refractivity contribution in [2.75, 3.05) is 50.2 Å². The summed E-state index contributed by atoms with van der Waals surface area (Å²) in [5.74, 6) is -0.421. The number of hydrogen-bond acceptors (Lipinski definition) is 10. The van der Waals surface area contributed by atoms with Gasteiger partial charge in [-0.3, -0.25) is 9.59 Å². The zero-order valence-electron chi connectivity index (χ0n) is 38.3. The van der Waals surface area contributed by atoms with E-state index in [1.165, 1.54) is 14.2 Å². The first-order valence-corrected chi connectivity index (χ1v) is 37.1. The molecule has 0 saturated carbocycles. The van der Waals surface area contributed by atoms with Crippen LogP contribution in [0, 0.1) is 13.8 Å². The van der Waals surface area contributed by atoms with Gasteiger partial charge in [0.05, 0.1) is 66.6 Å². The van der Waals surface area contributed by atoms with Crippen LogP contribution >= 0.6 is 62.0 Å². The number of aryl methyl sites for hydroxylation is 6. The number of fused-ring (bicyclic) bond motifs is 2. The van der Waals surface area contributed by atoms with Crippen LogP contribution in [0.4, 0.5) is 34.1 Å². The van der Waals surface area contributed by atoms with Crippen molar-refractivity contribution >= 4 is 130 Å². The van der Waals surface area contributed by atoms with Gasteiger partial charge in [-0.2, -0.15) is 10.2 Å². The molecule has 0 N–H and O–H groups in total. The van der Waals surface area contributed by atoms with E-state index < -0.39 is 10.8 Å². The van der Waals surface area contributed by atoms with Gasteiger partial charge in [0.2, 0.25) is 23.7 Å².